The molecule has 23 heavy (non-hydrogen) atoms. The lowest BCUT2D eigenvalue weighted by molar-refractivity contribution is 0.174. The maximum atomic E-state index is 5.49. The Balaban J connectivity index is 1.83. The number of unbranched alkanes of at least 4 members (excludes halogenated alkanes) is 1. The molecule has 1 aliphatic heterocycles. The maximum absolute atomic E-state index is 5.49. The summed E-state index contributed by atoms with van der Waals surface area (Å²) in [5.74, 6) is 1.59. The second-order valence-electron chi connectivity index (χ2n) is 5.77. The molecule has 0 saturated carbocycles. The van der Waals surface area contributed by atoms with Crippen LogP contribution >= 0.6 is 0 Å². The molecule has 0 amide bonds. The summed E-state index contributed by atoms with van der Waals surface area (Å²) in [6.07, 6.45) is 3.42. The highest BCUT2D eigenvalue weighted by Gasteiger charge is 2.15. The van der Waals surface area contributed by atoms with E-state index >= 15 is 0 Å². The molecule has 0 saturated heterocycles. The number of hydrogen-bond acceptors (Lipinski definition) is 3. The number of aromatic nitrogens is 1. The Bertz CT molecular complexity index is 857. The molecule has 0 spiro atoms. The van der Waals surface area contributed by atoms with Crippen molar-refractivity contribution in [1.29, 1.82) is 0 Å². The van der Waals surface area contributed by atoms with Crippen molar-refractivity contribution in [2.75, 3.05) is 6.79 Å². The van der Waals surface area contributed by atoms with Crippen molar-refractivity contribution in [3.05, 3.63) is 54.1 Å². The van der Waals surface area contributed by atoms with Crippen LogP contribution in [0.15, 0.2) is 42.5 Å². The molecule has 115 valence electrons. The molecule has 0 aliphatic carbocycles. The van der Waals surface area contributed by atoms with Crippen molar-refractivity contribution < 1.29 is 9.47 Å². The molecule has 3 heteroatoms. The minimum Gasteiger partial charge on any atom is -0.454 e. The number of aryl methyl sites for hydroxylation is 1. The van der Waals surface area contributed by atoms with Gasteiger partial charge in [0.05, 0.1) is 11.2 Å². The average molecular weight is 304 g/mol. The third-order valence-corrected chi connectivity index (χ3v) is 4.19. The summed E-state index contributed by atoms with van der Waals surface area (Å²) in [7, 11) is 0. The van der Waals surface area contributed by atoms with Crippen molar-refractivity contribution in [2.24, 2.45) is 0 Å². The molecule has 0 atom stereocenters. The van der Waals surface area contributed by atoms with E-state index in [0.717, 1.165) is 34.7 Å². The quantitative estimate of drug-likeness (QED) is 0.695. The fraction of sp³-hybridized carbons (Fsp3) is 0.250. The van der Waals surface area contributed by atoms with E-state index in [2.05, 4.69) is 25.1 Å². The van der Waals surface area contributed by atoms with Crippen LogP contribution in [0.4, 0.5) is 0 Å². The molecule has 0 N–H and O–H groups in total. The van der Waals surface area contributed by atoms with E-state index in [0.29, 0.717) is 6.79 Å². The second kappa shape index (κ2) is 5.92. The SMILES string of the molecule is CCCCc1cc(-c2ccc3c(c2)OCO3)nc2[c]cccc12. The van der Waals surface area contributed by atoms with Gasteiger partial charge in [-0.1, -0.05) is 31.5 Å². The summed E-state index contributed by atoms with van der Waals surface area (Å²) >= 11 is 0. The molecule has 2 aromatic carbocycles. The molecule has 0 bridgehead atoms. The molecular weight excluding hydrogens is 286 g/mol. The van der Waals surface area contributed by atoms with Crippen molar-refractivity contribution in [1.82, 2.24) is 4.98 Å². The molecule has 2 heterocycles. The van der Waals surface area contributed by atoms with Gasteiger partial charge in [-0.15, -0.1) is 0 Å². The number of nitrogens with zero attached hydrogens (tertiary/aromatic N) is 1. The molecule has 3 aromatic rings. The van der Waals surface area contributed by atoms with E-state index in [1.165, 1.54) is 23.8 Å². The highest BCUT2D eigenvalue weighted by atomic mass is 16.7. The molecule has 1 aromatic heterocycles. The third kappa shape index (κ3) is 2.63. The van der Waals surface area contributed by atoms with Gasteiger partial charge in [0, 0.05) is 17.0 Å². The predicted molar refractivity (Wildman–Crippen MR) is 90.8 cm³/mol. The topological polar surface area (TPSA) is 31.4 Å². The Morgan fingerprint density at radius 1 is 1.13 bits per heavy atom. The molecule has 3 nitrogen and oxygen atoms in total. The smallest absolute Gasteiger partial charge is 0.231 e. The first-order valence-corrected chi connectivity index (χ1v) is 8.05. The number of ether oxygens (including phenoxy) is 2. The minimum atomic E-state index is 0.291. The first-order chi connectivity index (χ1) is 11.3. The van der Waals surface area contributed by atoms with Crippen LogP contribution in [0.1, 0.15) is 25.3 Å². The van der Waals surface area contributed by atoms with Crippen LogP contribution in [-0.2, 0) is 6.42 Å². The van der Waals surface area contributed by atoms with Crippen LogP contribution in [0.5, 0.6) is 11.5 Å². The van der Waals surface area contributed by atoms with Gasteiger partial charge in [0.25, 0.3) is 0 Å². The first kappa shape index (κ1) is 14.1. The summed E-state index contributed by atoms with van der Waals surface area (Å²) in [6, 6.07) is 17.5. The fourth-order valence-corrected chi connectivity index (χ4v) is 2.95. The van der Waals surface area contributed by atoms with E-state index in [1.54, 1.807) is 0 Å². The van der Waals surface area contributed by atoms with E-state index in [4.69, 9.17) is 14.5 Å². The number of rotatable bonds is 4. The van der Waals surface area contributed by atoms with Gasteiger partial charge < -0.3 is 9.47 Å². The summed E-state index contributed by atoms with van der Waals surface area (Å²) in [4.78, 5) is 4.79. The molecule has 0 fully saturated rings. The lowest BCUT2D eigenvalue weighted by Crippen LogP contribution is -1.94. The zero-order valence-corrected chi connectivity index (χ0v) is 13.1. The largest absolute Gasteiger partial charge is 0.454 e. The first-order valence-electron chi connectivity index (χ1n) is 8.05. The van der Waals surface area contributed by atoms with E-state index in [9.17, 15) is 0 Å². The van der Waals surface area contributed by atoms with Gasteiger partial charge in [0.1, 0.15) is 0 Å². The third-order valence-electron chi connectivity index (χ3n) is 4.19. The number of hydrogen-bond donors (Lipinski definition) is 0. The van der Waals surface area contributed by atoms with E-state index in [-0.39, 0.29) is 0 Å². The van der Waals surface area contributed by atoms with Gasteiger partial charge in [-0.25, -0.2) is 4.98 Å². The number of benzene rings is 2. The van der Waals surface area contributed by atoms with Gasteiger partial charge in [-0.05, 0) is 42.7 Å². The van der Waals surface area contributed by atoms with Crippen molar-refractivity contribution in [2.45, 2.75) is 26.2 Å². The van der Waals surface area contributed by atoms with Crippen LogP contribution < -0.4 is 9.47 Å². The summed E-state index contributed by atoms with van der Waals surface area (Å²) < 4.78 is 10.9. The van der Waals surface area contributed by atoms with Gasteiger partial charge in [0.2, 0.25) is 6.79 Å². The van der Waals surface area contributed by atoms with Gasteiger partial charge in [0.15, 0.2) is 11.5 Å². The van der Waals surface area contributed by atoms with Gasteiger partial charge in [-0.2, -0.15) is 0 Å². The van der Waals surface area contributed by atoms with Crippen LogP contribution in [-0.4, -0.2) is 11.8 Å². The Labute approximate surface area is 135 Å². The summed E-state index contributed by atoms with van der Waals surface area (Å²) in [6.45, 7) is 2.51. The highest BCUT2D eigenvalue weighted by molar-refractivity contribution is 5.85. The Hall–Kier alpha value is -2.55. The standard InChI is InChI=1S/C20H18NO2/c1-2-3-6-14-11-18(21-17-8-5-4-7-16(14)17)15-9-10-19-20(12-15)23-13-22-19/h4-5,7,9-12H,2-3,6,13H2,1H3. The van der Waals surface area contributed by atoms with Crippen molar-refractivity contribution >= 4 is 10.9 Å². The van der Waals surface area contributed by atoms with Crippen molar-refractivity contribution in [3.8, 4) is 22.8 Å². The number of pyridine rings is 1. The zero-order valence-electron chi connectivity index (χ0n) is 13.1. The van der Waals surface area contributed by atoms with Crippen molar-refractivity contribution in [3.63, 3.8) is 0 Å². The molecule has 4 rings (SSSR count). The maximum Gasteiger partial charge on any atom is 0.231 e. The monoisotopic (exact) mass is 304 g/mol. The highest BCUT2D eigenvalue weighted by Crippen LogP contribution is 2.36. The molecule has 1 radical (unpaired) electrons. The summed E-state index contributed by atoms with van der Waals surface area (Å²) in [5, 5.41) is 1.20. The molecule has 1 aliphatic rings. The van der Waals surface area contributed by atoms with Crippen LogP contribution in [0, 0.1) is 6.07 Å². The van der Waals surface area contributed by atoms with Crippen LogP contribution in [0.3, 0.4) is 0 Å². The number of para-hydroxylation sites is 1. The zero-order chi connectivity index (χ0) is 15.6. The Morgan fingerprint density at radius 2 is 2.04 bits per heavy atom. The lowest BCUT2D eigenvalue weighted by atomic mass is 10.00. The second-order valence-corrected chi connectivity index (χ2v) is 5.77. The average Bonchev–Trinajstić information content (AvgIpc) is 3.07. The summed E-state index contributed by atoms with van der Waals surface area (Å²) in [5.41, 5.74) is 4.27. The fourth-order valence-electron chi connectivity index (χ4n) is 2.95. The van der Waals surface area contributed by atoms with Gasteiger partial charge >= 0.3 is 0 Å². The van der Waals surface area contributed by atoms with Crippen LogP contribution in [0.25, 0.3) is 22.2 Å². The Kier molecular flexibility index (Phi) is 3.62. The lowest BCUT2D eigenvalue weighted by Gasteiger charge is -2.10. The van der Waals surface area contributed by atoms with Crippen LogP contribution in [0.2, 0.25) is 0 Å². The van der Waals surface area contributed by atoms with Gasteiger partial charge in [-0.3, -0.25) is 0 Å². The molecular formula is C20H18NO2. The Morgan fingerprint density at radius 3 is 2.96 bits per heavy atom. The van der Waals surface area contributed by atoms with E-state index in [1.807, 2.05) is 30.3 Å². The normalized spacial score (nSPS) is 12.7. The number of fused-ring (bicyclic) bond motifs is 2. The van der Waals surface area contributed by atoms with E-state index < -0.39 is 0 Å². The predicted octanol–water partition coefficient (Wildman–Crippen LogP) is 4.77. The minimum absolute atomic E-state index is 0.291. The molecule has 0 unspecified atom stereocenters.